The molecule has 2 N–H and O–H groups in total. The molecule has 0 spiro atoms. The minimum atomic E-state index is -0.594. The van der Waals surface area contributed by atoms with Crippen molar-refractivity contribution in [3.8, 4) is 0 Å². The largest absolute Gasteiger partial charge is 0.354 e. The molecule has 1 aromatic rings. The number of carbonyl (C=O) groups excluding carboxylic acids is 3. The standard InChI is InChI=1S/C24H37N3O3/c1-6-13-25-23(30)21(26-22(29)19-10-8-7-9-17(19)2)18-11-14-27(15-12-18)20(28)16-24(3,4)5/h7-10,18,21H,6,11-16H2,1-5H3,(H,25,30)(H,26,29)/t21-/m1/s1. The van der Waals surface area contributed by atoms with Gasteiger partial charge < -0.3 is 15.5 Å². The van der Waals surface area contributed by atoms with Crippen LogP contribution in [0.1, 0.15) is 69.3 Å². The molecule has 0 aromatic heterocycles. The highest BCUT2D eigenvalue weighted by Gasteiger charge is 2.34. The molecule has 1 aromatic carbocycles. The first-order valence-corrected chi connectivity index (χ1v) is 11.0. The molecule has 1 fully saturated rings. The van der Waals surface area contributed by atoms with Gasteiger partial charge in [-0.15, -0.1) is 0 Å². The van der Waals surface area contributed by atoms with Gasteiger partial charge in [-0.05, 0) is 49.1 Å². The van der Waals surface area contributed by atoms with Gasteiger partial charge in [-0.25, -0.2) is 0 Å². The molecule has 3 amide bonds. The molecule has 0 unspecified atom stereocenters. The molecule has 6 heteroatoms. The summed E-state index contributed by atoms with van der Waals surface area (Å²) in [6.45, 7) is 11.9. The van der Waals surface area contributed by atoms with Crippen LogP contribution in [0.15, 0.2) is 24.3 Å². The molecule has 166 valence electrons. The fourth-order valence-corrected chi connectivity index (χ4v) is 3.85. The van der Waals surface area contributed by atoms with Crippen LogP contribution in [0.25, 0.3) is 0 Å². The zero-order chi connectivity index (χ0) is 22.3. The maximum atomic E-state index is 12.9. The first kappa shape index (κ1) is 23.9. The van der Waals surface area contributed by atoms with E-state index in [2.05, 4.69) is 31.4 Å². The van der Waals surface area contributed by atoms with Gasteiger partial charge in [-0.1, -0.05) is 45.9 Å². The van der Waals surface area contributed by atoms with Crippen LogP contribution in [-0.4, -0.2) is 48.3 Å². The summed E-state index contributed by atoms with van der Waals surface area (Å²) >= 11 is 0. The number of benzene rings is 1. The summed E-state index contributed by atoms with van der Waals surface area (Å²) in [5, 5.41) is 5.91. The number of hydrogen-bond donors (Lipinski definition) is 2. The lowest BCUT2D eigenvalue weighted by molar-refractivity contribution is -0.134. The molecular weight excluding hydrogens is 378 g/mol. The van der Waals surface area contributed by atoms with Crippen LogP contribution in [0, 0.1) is 18.3 Å². The predicted octanol–water partition coefficient (Wildman–Crippen LogP) is 3.29. The Hall–Kier alpha value is -2.37. The Morgan fingerprint density at radius 3 is 2.33 bits per heavy atom. The first-order chi connectivity index (χ1) is 14.1. The molecule has 0 radical (unpaired) electrons. The molecule has 1 atom stereocenters. The number of likely N-dealkylation sites (tertiary alicyclic amines) is 1. The van der Waals surface area contributed by atoms with Crippen LogP contribution < -0.4 is 10.6 Å². The normalized spacial score (nSPS) is 16.1. The fourth-order valence-electron chi connectivity index (χ4n) is 3.85. The Morgan fingerprint density at radius 2 is 1.77 bits per heavy atom. The maximum Gasteiger partial charge on any atom is 0.252 e. The molecular formula is C24H37N3O3. The lowest BCUT2D eigenvalue weighted by atomic mass is 9.87. The van der Waals surface area contributed by atoms with Crippen LogP contribution in [0.5, 0.6) is 0 Å². The second-order valence-electron chi connectivity index (χ2n) is 9.51. The molecule has 1 saturated heterocycles. The van der Waals surface area contributed by atoms with Crippen molar-refractivity contribution < 1.29 is 14.4 Å². The average Bonchev–Trinajstić information content (AvgIpc) is 2.69. The topological polar surface area (TPSA) is 78.5 Å². The second-order valence-corrected chi connectivity index (χ2v) is 9.51. The number of nitrogens with one attached hydrogen (secondary N) is 2. The van der Waals surface area contributed by atoms with Gasteiger partial charge in [-0.3, -0.25) is 14.4 Å². The van der Waals surface area contributed by atoms with Gasteiger partial charge in [-0.2, -0.15) is 0 Å². The van der Waals surface area contributed by atoms with E-state index in [1.54, 1.807) is 6.07 Å². The molecule has 1 aliphatic rings. The fraction of sp³-hybridized carbons (Fsp3) is 0.625. The predicted molar refractivity (Wildman–Crippen MR) is 119 cm³/mol. The zero-order valence-electron chi connectivity index (χ0n) is 19.1. The highest BCUT2D eigenvalue weighted by atomic mass is 16.2. The van der Waals surface area contributed by atoms with E-state index in [4.69, 9.17) is 0 Å². The summed E-state index contributed by atoms with van der Waals surface area (Å²) < 4.78 is 0. The molecule has 0 aliphatic carbocycles. The molecule has 30 heavy (non-hydrogen) atoms. The third kappa shape index (κ3) is 6.85. The quantitative estimate of drug-likeness (QED) is 0.717. The summed E-state index contributed by atoms with van der Waals surface area (Å²) in [7, 11) is 0. The molecule has 6 nitrogen and oxygen atoms in total. The highest BCUT2D eigenvalue weighted by molar-refractivity contribution is 5.98. The third-order valence-corrected chi connectivity index (χ3v) is 5.55. The van der Waals surface area contributed by atoms with Crippen LogP contribution in [0.4, 0.5) is 0 Å². The van der Waals surface area contributed by atoms with E-state index in [9.17, 15) is 14.4 Å². The Morgan fingerprint density at radius 1 is 1.13 bits per heavy atom. The van der Waals surface area contributed by atoms with E-state index in [1.165, 1.54) is 0 Å². The van der Waals surface area contributed by atoms with Gasteiger partial charge in [0, 0.05) is 31.6 Å². The van der Waals surface area contributed by atoms with E-state index < -0.39 is 6.04 Å². The smallest absolute Gasteiger partial charge is 0.252 e. The summed E-state index contributed by atoms with van der Waals surface area (Å²) in [5.74, 6) is -0.195. The number of hydrogen-bond acceptors (Lipinski definition) is 3. The monoisotopic (exact) mass is 415 g/mol. The molecule has 0 saturated carbocycles. The van der Waals surface area contributed by atoms with Gasteiger partial charge in [0.1, 0.15) is 6.04 Å². The minimum absolute atomic E-state index is 0.00788. The van der Waals surface area contributed by atoms with Crippen LogP contribution in [0.2, 0.25) is 0 Å². The van der Waals surface area contributed by atoms with Crippen molar-refractivity contribution in [2.75, 3.05) is 19.6 Å². The summed E-state index contributed by atoms with van der Waals surface area (Å²) in [6.07, 6.45) is 2.76. The van der Waals surface area contributed by atoms with E-state index in [0.29, 0.717) is 44.5 Å². The van der Waals surface area contributed by atoms with Crippen LogP contribution >= 0.6 is 0 Å². The lowest BCUT2D eigenvalue weighted by Crippen LogP contribution is -2.54. The van der Waals surface area contributed by atoms with Gasteiger partial charge in [0.25, 0.3) is 5.91 Å². The molecule has 1 heterocycles. The highest BCUT2D eigenvalue weighted by Crippen LogP contribution is 2.25. The number of carbonyl (C=O) groups is 3. The Bertz CT molecular complexity index is 746. The molecule has 0 bridgehead atoms. The number of nitrogens with zero attached hydrogens (tertiary/aromatic N) is 1. The zero-order valence-corrected chi connectivity index (χ0v) is 19.1. The van der Waals surface area contributed by atoms with Crippen molar-refractivity contribution in [2.45, 2.75) is 66.3 Å². The van der Waals surface area contributed by atoms with Crippen molar-refractivity contribution in [3.63, 3.8) is 0 Å². The molecule has 1 aliphatic heterocycles. The van der Waals surface area contributed by atoms with E-state index >= 15 is 0 Å². The Balaban J connectivity index is 2.07. The third-order valence-electron chi connectivity index (χ3n) is 5.55. The van der Waals surface area contributed by atoms with E-state index in [-0.39, 0.29) is 29.1 Å². The first-order valence-electron chi connectivity index (χ1n) is 11.0. The summed E-state index contributed by atoms with van der Waals surface area (Å²) in [5.41, 5.74) is 1.42. The number of amides is 3. The van der Waals surface area contributed by atoms with Gasteiger partial charge in [0.2, 0.25) is 11.8 Å². The SMILES string of the molecule is CCCNC(=O)[C@H](NC(=O)c1ccccc1C)C1CCN(C(=O)CC(C)(C)C)CC1. The van der Waals surface area contributed by atoms with Crippen molar-refractivity contribution in [3.05, 3.63) is 35.4 Å². The van der Waals surface area contributed by atoms with Crippen LogP contribution in [0.3, 0.4) is 0 Å². The van der Waals surface area contributed by atoms with Crippen molar-refractivity contribution in [2.24, 2.45) is 11.3 Å². The average molecular weight is 416 g/mol. The van der Waals surface area contributed by atoms with Crippen molar-refractivity contribution >= 4 is 17.7 Å². The van der Waals surface area contributed by atoms with Crippen LogP contribution in [-0.2, 0) is 9.59 Å². The van der Waals surface area contributed by atoms with E-state index in [0.717, 1.165) is 12.0 Å². The Labute approximate surface area is 180 Å². The van der Waals surface area contributed by atoms with Crippen molar-refractivity contribution in [1.29, 1.82) is 0 Å². The summed E-state index contributed by atoms with van der Waals surface area (Å²) in [6, 6.07) is 6.79. The number of piperidine rings is 1. The van der Waals surface area contributed by atoms with Crippen molar-refractivity contribution in [1.82, 2.24) is 15.5 Å². The minimum Gasteiger partial charge on any atom is -0.354 e. The second kappa shape index (κ2) is 10.6. The van der Waals surface area contributed by atoms with Gasteiger partial charge in [0.05, 0.1) is 0 Å². The maximum absolute atomic E-state index is 12.9. The Kier molecular flexibility index (Phi) is 8.44. The number of aryl methyl sites for hydroxylation is 1. The van der Waals surface area contributed by atoms with Gasteiger partial charge in [0.15, 0.2) is 0 Å². The molecule has 2 rings (SSSR count). The van der Waals surface area contributed by atoms with E-state index in [1.807, 2.05) is 36.9 Å². The van der Waals surface area contributed by atoms with Gasteiger partial charge >= 0.3 is 0 Å². The number of rotatable bonds is 7. The summed E-state index contributed by atoms with van der Waals surface area (Å²) in [4.78, 5) is 40.2. The lowest BCUT2D eigenvalue weighted by Gasteiger charge is -2.36.